The number of hydrogen-bond acceptors (Lipinski definition) is 4. The van der Waals surface area contributed by atoms with E-state index in [1.165, 1.54) is 0 Å². The second kappa shape index (κ2) is 5.60. The molecule has 0 aliphatic carbocycles. The zero-order valence-corrected chi connectivity index (χ0v) is 11.2. The lowest BCUT2D eigenvalue weighted by atomic mass is 10.0. The van der Waals surface area contributed by atoms with Crippen molar-refractivity contribution in [1.82, 2.24) is 5.16 Å². The predicted molar refractivity (Wildman–Crippen MR) is 63.3 cm³/mol. The quantitative estimate of drug-likeness (QED) is 0.609. The van der Waals surface area contributed by atoms with Crippen molar-refractivity contribution in [3.05, 3.63) is 41.1 Å². The molecule has 4 nitrogen and oxygen atoms in total. The minimum absolute atomic E-state index is 0.0128. The Bertz CT molecular complexity index is 700. The van der Waals surface area contributed by atoms with E-state index in [1.54, 1.807) is 0 Å². The summed E-state index contributed by atoms with van der Waals surface area (Å²) in [4.78, 5) is 11.2. The van der Waals surface area contributed by atoms with Crippen LogP contribution in [-0.4, -0.2) is 18.2 Å². The molecule has 2 rings (SSSR count). The molecule has 0 spiro atoms. The summed E-state index contributed by atoms with van der Waals surface area (Å²) in [6.45, 7) is 0. The first-order valence-corrected chi connectivity index (χ1v) is 5.87. The van der Waals surface area contributed by atoms with Gasteiger partial charge in [-0.25, -0.2) is 4.79 Å². The molecule has 1 aromatic heterocycles. The third-order valence-electron chi connectivity index (χ3n) is 2.78. The Balaban J connectivity index is 2.57. The van der Waals surface area contributed by atoms with Gasteiger partial charge in [0, 0.05) is 11.6 Å². The normalized spacial score (nSPS) is 12.3. The topological polar surface area (TPSA) is 52.3 Å². The van der Waals surface area contributed by atoms with Crippen LogP contribution in [0.15, 0.2) is 28.8 Å². The predicted octanol–water partition coefficient (Wildman–Crippen LogP) is 4.17. The number of ether oxygens (including phenoxy) is 1. The van der Waals surface area contributed by atoms with Crippen molar-refractivity contribution in [2.24, 2.45) is 0 Å². The lowest BCUT2D eigenvalue weighted by Gasteiger charge is -2.13. The summed E-state index contributed by atoms with van der Waals surface area (Å²) in [5.74, 6) is -1.37. The molecule has 10 heteroatoms. The molecule has 0 aliphatic heterocycles. The van der Waals surface area contributed by atoms with Crippen molar-refractivity contribution in [1.29, 1.82) is 0 Å². The van der Waals surface area contributed by atoms with E-state index >= 15 is 0 Å². The largest absolute Gasteiger partial charge is 0.464 e. The fraction of sp³-hybridized carbons (Fsp3) is 0.231. The third-order valence-corrected chi connectivity index (χ3v) is 2.78. The summed E-state index contributed by atoms with van der Waals surface area (Å²) in [5.41, 5.74) is -3.90. The Morgan fingerprint density at radius 2 is 1.52 bits per heavy atom. The van der Waals surface area contributed by atoms with E-state index in [4.69, 9.17) is 0 Å². The number of carbonyl (C=O) groups is 1. The van der Waals surface area contributed by atoms with Gasteiger partial charge in [-0.05, 0) is 18.2 Å². The first-order valence-electron chi connectivity index (χ1n) is 5.87. The van der Waals surface area contributed by atoms with E-state index in [-0.39, 0.29) is 11.8 Å². The highest BCUT2D eigenvalue weighted by Crippen LogP contribution is 2.38. The highest BCUT2D eigenvalue weighted by molar-refractivity contribution is 5.88. The first kappa shape index (κ1) is 16.8. The maximum atomic E-state index is 12.8. The molecule has 23 heavy (non-hydrogen) atoms. The minimum atomic E-state index is -4.98. The lowest BCUT2D eigenvalue weighted by Crippen LogP contribution is -2.11. The van der Waals surface area contributed by atoms with E-state index in [9.17, 15) is 31.1 Å². The number of rotatable bonds is 2. The fourth-order valence-corrected chi connectivity index (χ4v) is 1.71. The van der Waals surface area contributed by atoms with E-state index in [1.807, 2.05) is 0 Å². The number of aromatic nitrogens is 1. The number of benzene rings is 1. The Kier molecular flexibility index (Phi) is 4.10. The molecule has 0 radical (unpaired) electrons. The summed E-state index contributed by atoms with van der Waals surface area (Å²) < 4.78 is 85.5. The van der Waals surface area contributed by atoms with Crippen LogP contribution < -0.4 is 0 Å². The number of methoxy groups -OCH3 is 1. The van der Waals surface area contributed by atoms with Crippen LogP contribution >= 0.6 is 0 Å². The summed E-state index contributed by atoms with van der Waals surface area (Å²) in [5, 5.41) is 3.23. The third kappa shape index (κ3) is 3.63. The number of nitrogens with zero attached hydrogens (tertiary/aromatic N) is 1. The summed E-state index contributed by atoms with van der Waals surface area (Å²) in [6, 6.07) is 1.82. The molecule has 0 fully saturated rings. The second-order valence-electron chi connectivity index (χ2n) is 4.36. The number of halogens is 6. The van der Waals surface area contributed by atoms with Crippen molar-refractivity contribution >= 4 is 5.97 Å². The molecule has 0 aliphatic rings. The van der Waals surface area contributed by atoms with Crippen LogP contribution in [0.3, 0.4) is 0 Å². The monoisotopic (exact) mass is 339 g/mol. The molecular weight excluding hydrogens is 332 g/mol. The number of esters is 1. The van der Waals surface area contributed by atoms with E-state index in [0.717, 1.165) is 13.2 Å². The van der Waals surface area contributed by atoms with Crippen molar-refractivity contribution in [2.45, 2.75) is 12.4 Å². The molecule has 0 bridgehead atoms. The Morgan fingerprint density at radius 3 is 1.96 bits per heavy atom. The second-order valence-corrected chi connectivity index (χ2v) is 4.36. The molecule has 1 aromatic carbocycles. The zero-order valence-electron chi connectivity index (χ0n) is 11.2. The Labute approximate surface area is 124 Å². The van der Waals surface area contributed by atoms with Gasteiger partial charge in [-0.2, -0.15) is 26.3 Å². The van der Waals surface area contributed by atoms with E-state index < -0.39 is 40.8 Å². The van der Waals surface area contributed by atoms with Crippen molar-refractivity contribution in [3.63, 3.8) is 0 Å². The van der Waals surface area contributed by atoms with E-state index in [2.05, 4.69) is 14.4 Å². The fourth-order valence-electron chi connectivity index (χ4n) is 1.71. The Morgan fingerprint density at radius 1 is 1.00 bits per heavy atom. The van der Waals surface area contributed by atoms with Gasteiger partial charge in [0.05, 0.1) is 18.2 Å². The van der Waals surface area contributed by atoms with Crippen LogP contribution in [0.25, 0.3) is 11.3 Å². The van der Waals surface area contributed by atoms with Gasteiger partial charge in [-0.15, -0.1) is 0 Å². The van der Waals surface area contributed by atoms with Gasteiger partial charge in [0.15, 0.2) is 11.5 Å². The molecular formula is C13H7F6NO3. The van der Waals surface area contributed by atoms with Gasteiger partial charge in [0.2, 0.25) is 0 Å². The summed E-state index contributed by atoms with van der Waals surface area (Å²) in [7, 11) is 1.03. The molecule has 124 valence electrons. The SMILES string of the molecule is COC(=O)c1cc(-c2cc(C(F)(F)F)cc(C(F)(F)F)c2)on1. The first-order chi connectivity index (χ1) is 10.5. The van der Waals surface area contributed by atoms with Crippen molar-refractivity contribution in [3.8, 4) is 11.3 Å². The van der Waals surface area contributed by atoms with Gasteiger partial charge in [-0.1, -0.05) is 5.16 Å². The van der Waals surface area contributed by atoms with E-state index in [0.29, 0.717) is 12.1 Å². The standard InChI is InChI=1S/C13H7F6NO3/c1-22-11(21)9-5-10(23-20-9)6-2-7(12(14,15)16)4-8(3-6)13(17,18)19/h2-5H,1H3. The molecule has 2 aromatic rings. The smallest absolute Gasteiger partial charge is 0.416 e. The zero-order chi connectivity index (χ0) is 17.4. The highest BCUT2D eigenvalue weighted by atomic mass is 19.4. The van der Waals surface area contributed by atoms with Gasteiger partial charge in [-0.3, -0.25) is 0 Å². The number of hydrogen-bond donors (Lipinski definition) is 0. The summed E-state index contributed by atoms with van der Waals surface area (Å²) in [6.07, 6.45) is -9.97. The van der Waals surface area contributed by atoms with Crippen LogP contribution in [0.5, 0.6) is 0 Å². The molecule has 0 atom stereocenters. The van der Waals surface area contributed by atoms with Gasteiger partial charge in [0.1, 0.15) is 0 Å². The van der Waals surface area contributed by atoms with Crippen LogP contribution in [0.2, 0.25) is 0 Å². The summed E-state index contributed by atoms with van der Waals surface area (Å²) >= 11 is 0. The number of alkyl halides is 6. The minimum Gasteiger partial charge on any atom is -0.464 e. The molecule has 0 unspecified atom stereocenters. The number of carbonyl (C=O) groups excluding carboxylic acids is 1. The van der Waals surface area contributed by atoms with Crippen LogP contribution in [0.1, 0.15) is 21.6 Å². The molecule has 0 saturated carbocycles. The van der Waals surface area contributed by atoms with Crippen LogP contribution in [0.4, 0.5) is 26.3 Å². The maximum Gasteiger partial charge on any atom is 0.416 e. The average Bonchev–Trinajstić information content (AvgIpc) is 2.94. The average molecular weight is 339 g/mol. The molecule has 1 heterocycles. The van der Waals surface area contributed by atoms with Gasteiger partial charge >= 0.3 is 18.3 Å². The van der Waals surface area contributed by atoms with Crippen LogP contribution in [0, 0.1) is 0 Å². The molecule has 0 N–H and O–H groups in total. The lowest BCUT2D eigenvalue weighted by molar-refractivity contribution is -0.143. The highest BCUT2D eigenvalue weighted by Gasteiger charge is 2.37. The van der Waals surface area contributed by atoms with Crippen LogP contribution in [-0.2, 0) is 17.1 Å². The van der Waals surface area contributed by atoms with Crippen molar-refractivity contribution in [2.75, 3.05) is 7.11 Å². The van der Waals surface area contributed by atoms with Gasteiger partial charge in [0.25, 0.3) is 0 Å². The maximum absolute atomic E-state index is 12.8. The Hall–Kier alpha value is -2.52. The van der Waals surface area contributed by atoms with Gasteiger partial charge < -0.3 is 9.26 Å². The molecule has 0 saturated heterocycles. The molecule has 0 amide bonds. The van der Waals surface area contributed by atoms with Crippen molar-refractivity contribution < 1.29 is 40.4 Å².